The minimum Gasteiger partial charge on any atom is -0.487 e. The maximum Gasteiger partial charge on any atom is 0.243 e. The molecule has 2 amide bonds. The second-order valence-corrected chi connectivity index (χ2v) is 7.11. The van der Waals surface area contributed by atoms with E-state index < -0.39 is 0 Å². The van der Waals surface area contributed by atoms with E-state index in [4.69, 9.17) is 4.74 Å². The molecule has 164 valence electrons. The highest BCUT2D eigenvalue weighted by Gasteiger charge is 2.08. The number of para-hydroxylation sites is 2. The second-order valence-electron chi connectivity index (χ2n) is 7.11. The van der Waals surface area contributed by atoms with Crippen molar-refractivity contribution >= 4 is 28.9 Å². The van der Waals surface area contributed by atoms with Crippen LogP contribution >= 0.6 is 0 Å². The van der Waals surface area contributed by atoms with Crippen LogP contribution in [0.4, 0.5) is 17.1 Å². The predicted octanol–water partition coefficient (Wildman–Crippen LogP) is 4.87. The van der Waals surface area contributed by atoms with Gasteiger partial charge in [0.05, 0.1) is 12.2 Å². The van der Waals surface area contributed by atoms with Crippen molar-refractivity contribution in [2.45, 2.75) is 12.8 Å². The molecule has 3 rings (SSSR count). The zero-order valence-electron chi connectivity index (χ0n) is 17.8. The summed E-state index contributed by atoms with van der Waals surface area (Å²) in [4.78, 5) is 24.6. The van der Waals surface area contributed by atoms with Gasteiger partial charge >= 0.3 is 0 Å². The zero-order valence-corrected chi connectivity index (χ0v) is 17.8. The minimum absolute atomic E-state index is 0.0557. The van der Waals surface area contributed by atoms with E-state index in [1.807, 2.05) is 60.7 Å². The zero-order chi connectivity index (χ0) is 22.6. The predicted molar refractivity (Wildman–Crippen MR) is 129 cm³/mol. The molecule has 0 aliphatic rings. The lowest BCUT2D eigenvalue weighted by Gasteiger charge is -2.13. The number of hydrogen-bond acceptors (Lipinski definition) is 4. The fourth-order valence-electron chi connectivity index (χ4n) is 3.05. The van der Waals surface area contributed by atoms with Crippen molar-refractivity contribution in [3.8, 4) is 5.75 Å². The molecule has 6 nitrogen and oxygen atoms in total. The highest BCUT2D eigenvalue weighted by Crippen LogP contribution is 2.23. The molecule has 0 aromatic heterocycles. The van der Waals surface area contributed by atoms with Gasteiger partial charge in [0.25, 0.3) is 0 Å². The summed E-state index contributed by atoms with van der Waals surface area (Å²) in [6, 6.07) is 24.4. The Hall–Kier alpha value is -4.06. The van der Waals surface area contributed by atoms with Gasteiger partial charge in [0.15, 0.2) is 0 Å². The first-order chi connectivity index (χ1) is 15.6. The van der Waals surface area contributed by atoms with Gasteiger partial charge < -0.3 is 20.7 Å². The summed E-state index contributed by atoms with van der Waals surface area (Å²) in [5.41, 5.74) is 3.13. The van der Waals surface area contributed by atoms with Gasteiger partial charge in [-0.1, -0.05) is 61.2 Å². The number of amides is 2. The smallest absolute Gasteiger partial charge is 0.243 e. The maximum absolute atomic E-state index is 12.4. The number of carbonyl (C=O) groups is 2. The maximum atomic E-state index is 12.4. The molecule has 0 fully saturated rings. The lowest BCUT2D eigenvalue weighted by molar-refractivity contribution is -0.116. The Morgan fingerprint density at radius 2 is 1.59 bits per heavy atom. The van der Waals surface area contributed by atoms with E-state index in [1.54, 1.807) is 24.3 Å². The minimum atomic E-state index is -0.211. The van der Waals surface area contributed by atoms with Crippen molar-refractivity contribution in [2.24, 2.45) is 0 Å². The summed E-state index contributed by atoms with van der Waals surface area (Å²) in [6.45, 7) is 4.06. The molecule has 0 spiro atoms. The number of anilines is 3. The first-order valence-corrected chi connectivity index (χ1v) is 10.4. The van der Waals surface area contributed by atoms with Crippen LogP contribution in [0.2, 0.25) is 0 Å². The highest BCUT2D eigenvalue weighted by molar-refractivity contribution is 5.95. The van der Waals surface area contributed by atoms with Crippen molar-refractivity contribution in [3.05, 3.63) is 97.1 Å². The summed E-state index contributed by atoms with van der Waals surface area (Å²) in [5, 5.41) is 8.82. The third-order valence-electron chi connectivity index (χ3n) is 4.60. The monoisotopic (exact) mass is 429 g/mol. The molecule has 0 aliphatic heterocycles. The topological polar surface area (TPSA) is 79.5 Å². The Balaban J connectivity index is 1.49. The fraction of sp³-hybridized carbons (Fsp3) is 0.154. The van der Waals surface area contributed by atoms with Gasteiger partial charge in [0.1, 0.15) is 12.4 Å². The van der Waals surface area contributed by atoms with Gasteiger partial charge in [-0.2, -0.15) is 0 Å². The molecule has 0 radical (unpaired) electrons. The lowest BCUT2D eigenvalue weighted by Crippen LogP contribution is -2.22. The largest absolute Gasteiger partial charge is 0.487 e. The van der Waals surface area contributed by atoms with Crippen LogP contribution in [0.15, 0.2) is 91.5 Å². The number of ether oxygens (including phenoxy) is 1. The molecule has 6 heteroatoms. The fourth-order valence-corrected chi connectivity index (χ4v) is 3.05. The molecule has 0 saturated heterocycles. The third-order valence-corrected chi connectivity index (χ3v) is 4.60. The van der Waals surface area contributed by atoms with E-state index in [0.29, 0.717) is 36.6 Å². The molecule has 3 N–H and O–H groups in total. The Kier molecular flexibility index (Phi) is 8.45. The Morgan fingerprint density at radius 1 is 0.844 bits per heavy atom. The summed E-state index contributed by atoms with van der Waals surface area (Å²) in [5.74, 6) is 0.317. The van der Waals surface area contributed by atoms with E-state index in [9.17, 15) is 9.59 Å². The van der Waals surface area contributed by atoms with E-state index in [1.165, 1.54) is 0 Å². The van der Waals surface area contributed by atoms with Crippen LogP contribution < -0.4 is 20.7 Å². The average molecular weight is 430 g/mol. The number of benzene rings is 3. The molecule has 32 heavy (non-hydrogen) atoms. The van der Waals surface area contributed by atoms with Crippen LogP contribution in [0.25, 0.3) is 0 Å². The third kappa shape index (κ3) is 7.32. The normalized spacial score (nSPS) is 10.1. The number of carbonyl (C=O) groups excluding carboxylic acids is 2. The summed E-state index contributed by atoms with van der Waals surface area (Å²) < 4.78 is 5.56. The number of hydrogen-bond donors (Lipinski definition) is 3. The van der Waals surface area contributed by atoms with Crippen molar-refractivity contribution in [2.75, 3.05) is 29.1 Å². The van der Waals surface area contributed by atoms with Crippen LogP contribution in [-0.2, 0) is 16.0 Å². The van der Waals surface area contributed by atoms with Gasteiger partial charge in [-0.25, -0.2) is 0 Å². The van der Waals surface area contributed by atoms with Crippen LogP contribution in [-0.4, -0.2) is 25.0 Å². The highest BCUT2D eigenvalue weighted by atomic mass is 16.5. The van der Waals surface area contributed by atoms with Gasteiger partial charge in [0, 0.05) is 17.8 Å². The molecule has 3 aromatic carbocycles. The molecule has 0 bridgehead atoms. The van der Waals surface area contributed by atoms with Crippen LogP contribution in [0.1, 0.15) is 12.0 Å². The summed E-state index contributed by atoms with van der Waals surface area (Å²) in [7, 11) is 0. The molecule has 0 unspecified atom stereocenters. The van der Waals surface area contributed by atoms with Gasteiger partial charge in [0.2, 0.25) is 11.8 Å². The standard InChI is InChI=1S/C26H27N3O3/c1-2-17-32-24-14-7-6-13-23(24)29-26(31)19-27-21-11-8-12-22(18-21)28-25(30)16-15-20-9-4-3-5-10-20/h2-14,18,27H,1,15-17,19H2,(H,28,30)(H,29,31). The molecular weight excluding hydrogens is 402 g/mol. The Morgan fingerprint density at radius 3 is 2.41 bits per heavy atom. The summed E-state index contributed by atoms with van der Waals surface area (Å²) in [6.07, 6.45) is 2.73. The van der Waals surface area contributed by atoms with Crippen molar-refractivity contribution in [1.29, 1.82) is 0 Å². The van der Waals surface area contributed by atoms with Crippen LogP contribution in [0.3, 0.4) is 0 Å². The Bertz CT molecular complexity index is 1050. The first-order valence-electron chi connectivity index (χ1n) is 10.4. The summed E-state index contributed by atoms with van der Waals surface area (Å²) >= 11 is 0. The van der Waals surface area contributed by atoms with Crippen LogP contribution in [0.5, 0.6) is 5.75 Å². The Labute approximate surface area is 188 Å². The van der Waals surface area contributed by atoms with E-state index in [0.717, 1.165) is 11.3 Å². The average Bonchev–Trinajstić information content (AvgIpc) is 2.82. The molecule has 0 heterocycles. The van der Waals surface area contributed by atoms with Crippen molar-refractivity contribution in [3.63, 3.8) is 0 Å². The first kappa shape index (κ1) is 22.6. The lowest BCUT2D eigenvalue weighted by atomic mass is 10.1. The van der Waals surface area contributed by atoms with Gasteiger partial charge in [-0.15, -0.1) is 0 Å². The molecule has 0 atom stereocenters. The molecule has 0 aliphatic carbocycles. The number of nitrogens with one attached hydrogen (secondary N) is 3. The molecule has 0 saturated carbocycles. The van der Waals surface area contributed by atoms with Gasteiger partial charge in [-0.05, 0) is 42.3 Å². The van der Waals surface area contributed by atoms with Crippen molar-refractivity contribution in [1.82, 2.24) is 0 Å². The van der Waals surface area contributed by atoms with Gasteiger partial charge in [-0.3, -0.25) is 9.59 Å². The number of aryl methyl sites for hydroxylation is 1. The second kappa shape index (κ2) is 12.0. The van der Waals surface area contributed by atoms with Crippen LogP contribution in [0, 0.1) is 0 Å². The van der Waals surface area contributed by atoms with Crippen molar-refractivity contribution < 1.29 is 14.3 Å². The molecular formula is C26H27N3O3. The van der Waals surface area contributed by atoms with E-state index >= 15 is 0 Å². The molecule has 3 aromatic rings. The van der Waals surface area contributed by atoms with E-state index in [2.05, 4.69) is 22.5 Å². The van der Waals surface area contributed by atoms with E-state index in [-0.39, 0.29) is 18.4 Å². The number of rotatable bonds is 11. The SMILES string of the molecule is C=CCOc1ccccc1NC(=O)CNc1cccc(NC(=O)CCc2ccccc2)c1. The quantitative estimate of drug-likeness (QED) is 0.380.